The summed E-state index contributed by atoms with van der Waals surface area (Å²) in [7, 11) is 1.97. The number of benzodiazepines with no additional fused rings is 1. The summed E-state index contributed by atoms with van der Waals surface area (Å²) < 4.78 is 0. The number of carbonyl (C=O) groups excluding carboxylic acids is 3. The van der Waals surface area contributed by atoms with E-state index >= 15 is 0 Å². The van der Waals surface area contributed by atoms with Crippen molar-refractivity contribution in [3.05, 3.63) is 65.7 Å². The first-order valence-electron chi connectivity index (χ1n) is 10.4. The predicted octanol–water partition coefficient (Wildman–Crippen LogP) is 2.29. The Morgan fingerprint density at radius 2 is 1.74 bits per heavy atom. The molecular formula is C24H28N4O3. The standard InChI is InChI=1S/C24H28N4O3/c1-16(29)13-14-22(30)25-17(2)24(31)27-21-15-28(3)20-12-8-7-11-19(20)23(26-21)18-9-5-4-6-10-18/h4-12,17,21H,13-15H2,1-3H3,(H,25,30)(H,27,31)/t17-,21+/m0/s1. The van der Waals surface area contributed by atoms with Gasteiger partial charge in [0.2, 0.25) is 11.8 Å². The Kier molecular flexibility index (Phi) is 7.18. The van der Waals surface area contributed by atoms with E-state index in [1.54, 1.807) is 6.92 Å². The summed E-state index contributed by atoms with van der Waals surface area (Å²) in [6, 6.07) is 17.2. The largest absolute Gasteiger partial charge is 0.370 e. The van der Waals surface area contributed by atoms with Gasteiger partial charge in [0, 0.05) is 36.7 Å². The van der Waals surface area contributed by atoms with Crippen molar-refractivity contribution < 1.29 is 14.4 Å². The van der Waals surface area contributed by atoms with Crippen LogP contribution >= 0.6 is 0 Å². The number of nitrogens with zero attached hydrogens (tertiary/aromatic N) is 2. The number of Topliss-reactive ketones (excluding diaryl/α,β-unsaturated/α-hetero) is 1. The van der Waals surface area contributed by atoms with E-state index in [0.717, 1.165) is 22.5 Å². The van der Waals surface area contributed by atoms with Gasteiger partial charge < -0.3 is 20.3 Å². The Labute approximate surface area is 182 Å². The first kappa shape index (κ1) is 22.2. The third-order valence-electron chi connectivity index (χ3n) is 5.13. The highest BCUT2D eigenvalue weighted by molar-refractivity contribution is 6.16. The molecule has 2 N–H and O–H groups in total. The van der Waals surface area contributed by atoms with Crippen LogP contribution < -0.4 is 15.5 Å². The van der Waals surface area contributed by atoms with Crippen LogP contribution in [0.5, 0.6) is 0 Å². The molecular weight excluding hydrogens is 392 g/mol. The molecule has 2 aromatic rings. The van der Waals surface area contributed by atoms with Crippen molar-refractivity contribution >= 4 is 29.0 Å². The Morgan fingerprint density at radius 3 is 2.45 bits per heavy atom. The van der Waals surface area contributed by atoms with Crippen LogP contribution in [0.2, 0.25) is 0 Å². The molecule has 7 heteroatoms. The zero-order valence-electron chi connectivity index (χ0n) is 18.1. The number of hydrogen-bond acceptors (Lipinski definition) is 5. The SMILES string of the molecule is CC(=O)CCC(=O)N[C@@H](C)C(=O)N[C@@H]1CN(C)c2ccccc2C(c2ccccc2)=N1. The molecule has 0 aromatic heterocycles. The van der Waals surface area contributed by atoms with Gasteiger partial charge in [0.1, 0.15) is 18.0 Å². The van der Waals surface area contributed by atoms with E-state index in [4.69, 9.17) is 4.99 Å². The van der Waals surface area contributed by atoms with Crippen LogP contribution in [0.4, 0.5) is 5.69 Å². The number of ketones is 1. The maximum Gasteiger partial charge on any atom is 0.243 e. The number of aliphatic imine (C=N–C) groups is 1. The molecule has 3 rings (SSSR count). The van der Waals surface area contributed by atoms with Crippen molar-refractivity contribution in [2.45, 2.75) is 38.9 Å². The number of anilines is 1. The van der Waals surface area contributed by atoms with Gasteiger partial charge in [-0.3, -0.25) is 14.6 Å². The van der Waals surface area contributed by atoms with Crippen LogP contribution in [0.3, 0.4) is 0 Å². The summed E-state index contributed by atoms with van der Waals surface area (Å²) in [5, 5.41) is 5.59. The van der Waals surface area contributed by atoms with Crippen molar-refractivity contribution in [2.24, 2.45) is 4.99 Å². The van der Waals surface area contributed by atoms with Gasteiger partial charge in [-0.25, -0.2) is 0 Å². The molecule has 0 aliphatic carbocycles. The molecule has 0 bridgehead atoms. The smallest absolute Gasteiger partial charge is 0.243 e. The topological polar surface area (TPSA) is 90.9 Å². The second kappa shape index (κ2) is 10.0. The van der Waals surface area contributed by atoms with E-state index in [-0.39, 0.29) is 30.4 Å². The fraction of sp³-hybridized carbons (Fsp3) is 0.333. The van der Waals surface area contributed by atoms with E-state index in [1.165, 1.54) is 6.92 Å². The average Bonchev–Trinajstić information content (AvgIpc) is 2.89. The van der Waals surface area contributed by atoms with Crippen LogP contribution in [-0.4, -0.2) is 49.1 Å². The molecule has 2 aromatic carbocycles. The summed E-state index contributed by atoms with van der Waals surface area (Å²) in [6.45, 7) is 3.55. The number of hydrogen-bond donors (Lipinski definition) is 2. The number of benzene rings is 2. The molecule has 162 valence electrons. The molecule has 1 heterocycles. The minimum atomic E-state index is -0.731. The van der Waals surface area contributed by atoms with Crippen molar-refractivity contribution in [3.8, 4) is 0 Å². The number of fused-ring (bicyclic) bond motifs is 1. The van der Waals surface area contributed by atoms with E-state index in [0.29, 0.717) is 6.54 Å². The minimum Gasteiger partial charge on any atom is -0.370 e. The monoisotopic (exact) mass is 420 g/mol. The lowest BCUT2D eigenvalue weighted by atomic mass is 10.0. The van der Waals surface area contributed by atoms with Gasteiger partial charge in [-0.15, -0.1) is 0 Å². The number of para-hydroxylation sites is 1. The summed E-state index contributed by atoms with van der Waals surface area (Å²) in [6.07, 6.45) is -0.252. The third kappa shape index (κ3) is 5.78. The summed E-state index contributed by atoms with van der Waals surface area (Å²) in [4.78, 5) is 42.7. The molecule has 1 aliphatic heterocycles. The van der Waals surface area contributed by atoms with Crippen molar-refractivity contribution in [1.82, 2.24) is 10.6 Å². The fourth-order valence-electron chi connectivity index (χ4n) is 3.49. The Balaban J connectivity index is 1.79. The lowest BCUT2D eigenvalue weighted by Gasteiger charge is -2.24. The van der Waals surface area contributed by atoms with Gasteiger partial charge in [0.05, 0.1) is 12.3 Å². The Morgan fingerprint density at radius 1 is 1.06 bits per heavy atom. The molecule has 2 atom stereocenters. The van der Waals surface area contributed by atoms with E-state index < -0.39 is 12.2 Å². The molecule has 31 heavy (non-hydrogen) atoms. The lowest BCUT2D eigenvalue weighted by molar-refractivity contribution is -0.129. The molecule has 0 unspecified atom stereocenters. The highest BCUT2D eigenvalue weighted by atomic mass is 16.2. The van der Waals surface area contributed by atoms with Crippen LogP contribution in [-0.2, 0) is 14.4 Å². The third-order valence-corrected chi connectivity index (χ3v) is 5.13. The van der Waals surface area contributed by atoms with E-state index in [9.17, 15) is 14.4 Å². The van der Waals surface area contributed by atoms with E-state index in [2.05, 4.69) is 15.5 Å². The summed E-state index contributed by atoms with van der Waals surface area (Å²) >= 11 is 0. The summed E-state index contributed by atoms with van der Waals surface area (Å²) in [5.41, 5.74) is 3.81. The Hall–Kier alpha value is -3.48. The van der Waals surface area contributed by atoms with Crippen LogP contribution in [0.1, 0.15) is 37.8 Å². The number of likely N-dealkylation sites (N-methyl/N-ethyl adjacent to an activating group) is 1. The molecule has 0 saturated carbocycles. The molecule has 7 nitrogen and oxygen atoms in total. The number of carbonyl (C=O) groups is 3. The van der Waals surface area contributed by atoms with Gasteiger partial charge in [-0.2, -0.15) is 0 Å². The van der Waals surface area contributed by atoms with Crippen molar-refractivity contribution in [3.63, 3.8) is 0 Å². The van der Waals surface area contributed by atoms with Crippen LogP contribution in [0, 0.1) is 0 Å². The average molecular weight is 421 g/mol. The molecule has 0 saturated heterocycles. The van der Waals surface area contributed by atoms with Gasteiger partial charge in [-0.05, 0) is 19.9 Å². The molecule has 0 fully saturated rings. The highest BCUT2D eigenvalue weighted by Crippen LogP contribution is 2.26. The van der Waals surface area contributed by atoms with E-state index in [1.807, 2.05) is 61.6 Å². The molecule has 1 aliphatic rings. The number of nitrogens with one attached hydrogen (secondary N) is 2. The number of rotatable bonds is 7. The molecule has 0 spiro atoms. The second-order valence-electron chi connectivity index (χ2n) is 7.76. The predicted molar refractivity (Wildman–Crippen MR) is 121 cm³/mol. The van der Waals surface area contributed by atoms with Gasteiger partial charge in [0.15, 0.2) is 0 Å². The number of amides is 2. The quantitative estimate of drug-likeness (QED) is 0.719. The van der Waals surface area contributed by atoms with Crippen LogP contribution in [0.15, 0.2) is 59.6 Å². The zero-order chi connectivity index (χ0) is 22.4. The van der Waals surface area contributed by atoms with Gasteiger partial charge in [0.25, 0.3) is 0 Å². The maximum atomic E-state index is 12.7. The maximum absolute atomic E-state index is 12.7. The fourth-order valence-corrected chi connectivity index (χ4v) is 3.49. The van der Waals surface area contributed by atoms with Gasteiger partial charge in [-0.1, -0.05) is 48.5 Å². The highest BCUT2D eigenvalue weighted by Gasteiger charge is 2.25. The molecule has 2 amide bonds. The summed E-state index contributed by atoms with van der Waals surface area (Å²) in [5.74, 6) is -0.704. The van der Waals surface area contributed by atoms with Crippen molar-refractivity contribution in [2.75, 3.05) is 18.5 Å². The Bertz CT molecular complexity index is 987. The first-order valence-corrected chi connectivity index (χ1v) is 10.4. The van der Waals surface area contributed by atoms with Crippen molar-refractivity contribution in [1.29, 1.82) is 0 Å². The minimum absolute atomic E-state index is 0.0592. The zero-order valence-corrected chi connectivity index (χ0v) is 18.1. The van der Waals surface area contributed by atoms with Crippen LogP contribution in [0.25, 0.3) is 0 Å². The molecule has 0 radical (unpaired) electrons. The first-order chi connectivity index (χ1) is 14.8. The normalized spacial score (nSPS) is 16.4. The lowest BCUT2D eigenvalue weighted by Crippen LogP contribution is -2.50. The second-order valence-corrected chi connectivity index (χ2v) is 7.76. The van der Waals surface area contributed by atoms with Gasteiger partial charge >= 0.3 is 0 Å².